The van der Waals surface area contributed by atoms with E-state index in [9.17, 15) is 0 Å². The molecule has 1 aromatic rings. The summed E-state index contributed by atoms with van der Waals surface area (Å²) in [6.07, 6.45) is 1.22. The number of hydrogen-bond acceptors (Lipinski definition) is 4. The van der Waals surface area contributed by atoms with E-state index in [-0.39, 0.29) is 0 Å². The maximum atomic E-state index is 5.85. The van der Waals surface area contributed by atoms with Crippen LogP contribution >= 0.6 is 0 Å². The minimum absolute atomic E-state index is 0.665. The molecule has 0 unspecified atom stereocenters. The van der Waals surface area contributed by atoms with Gasteiger partial charge in [-0.15, -0.1) is 0 Å². The molecule has 0 spiro atoms. The Labute approximate surface area is 115 Å². The second kappa shape index (κ2) is 8.02. The molecule has 0 saturated carbocycles. The molecule has 0 bridgehead atoms. The lowest BCUT2D eigenvalue weighted by molar-refractivity contribution is 0.210. The van der Waals surface area contributed by atoms with Gasteiger partial charge in [0.2, 0.25) is 0 Å². The van der Waals surface area contributed by atoms with Crippen molar-refractivity contribution in [3.63, 3.8) is 0 Å². The largest absolute Gasteiger partial charge is 0.490 e. The molecule has 19 heavy (non-hydrogen) atoms. The van der Waals surface area contributed by atoms with Crippen molar-refractivity contribution in [2.45, 2.75) is 13.3 Å². The lowest BCUT2D eigenvalue weighted by atomic mass is 10.3. The van der Waals surface area contributed by atoms with Gasteiger partial charge in [-0.3, -0.25) is 4.90 Å². The van der Waals surface area contributed by atoms with E-state index in [2.05, 4.69) is 10.2 Å². The summed E-state index contributed by atoms with van der Waals surface area (Å²) in [5.41, 5.74) is 0. The molecule has 2 rings (SSSR count). The summed E-state index contributed by atoms with van der Waals surface area (Å²) in [4.78, 5) is 2.45. The number of nitrogens with zero attached hydrogens (tertiary/aromatic N) is 1. The highest BCUT2D eigenvalue weighted by atomic mass is 16.5. The van der Waals surface area contributed by atoms with Crippen LogP contribution in [-0.2, 0) is 0 Å². The van der Waals surface area contributed by atoms with Gasteiger partial charge in [-0.2, -0.15) is 0 Å². The van der Waals surface area contributed by atoms with Crippen LogP contribution in [0.15, 0.2) is 24.3 Å². The zero-order chi connectivity index (χ0) is 13.3. The smallest absolute Gasteiger partial charge is 0.161 e. The second-order valence-electron chi connectivity index (χ2n) is 4.67. The summed E-state index contributed by atoms with van der Waals surface area (Å²) in [6, 6.07) is 7.87. The van der Waals surface area contributed by atoms with E-state index >= 15 is 0 Å². The standard InChI is InChI=1S/C15H24N2O2/c1-2-18-14-6-3-4-7-15(14)19-13-12-17-10-5-8-16-9-11-17/h3-4,6-7,16H,2,5,8-13H2,1H3. The summed E-state index contributed by atoms with van der Waals surface area (Å²) in [5.74, 6) is 1.68. The SMILES string of the molecule is CCOc1ccccc1OCCN1CCCNCC1. The third-order valence-electron chi connectivity index (χ3n) is 3.25. The van der Waals surface area contributed by atoms with Crippen LogP contribution < -0.4 is 14.8 Å². The van der Waals surface area contributed by atoms with Gasteiger partial charge in [-0.1, -0.05) is 12.1 Å². The average Bonchev–Trinajstić information content (AvgIpc) is 2.70. The van der Waals surface area contributed by atoms with Crippen LogP contribution in [0.5, 0.6) is 11.5 Å². The van der Waals surface area contributed by atoms with Crippen LogP contribution in [0.3, 0.4) is 0 Å². The molecule has 4 heteroatoms. The number of nitrogens with one attached hydrogen (secondary N) is 1. The maximum Gasteiger partial charge on any atom is 0.161 e. The molecule has 0 aliphatic carbocycles. The fraction of sp³-hybridized carbons (Fsp3) is 0.600. The molecule has 1 saturated heterocycles. The molecule has 0 atom stereocenters. The van der Waals surface area contributed by atoms with E-state index in [1.54, 1.807) is 0 Å². The van der Waals surface area contributed by atoms with Crippen LogP contribution in [0, 0.1) is 0 Å². The van der Waals surface area contributed by atoms with Gasteiger partial charge in [-0.05, 0) is 38.6 Å². The number of para-hydroxylation sites is 2. The molecule has 4 nitrogen and oxygen atoms in total. The third-order valence-corrected chi connectivity index (χ3v) is 3.25. The lowest BCUT2D eigenvalue weighted by Gasteiger charge is -2.20. The highest BCUT2D eigenvalue weighted by Crippen LogP contribution is 2.26. The van der Waals surface area contributed by atoms with E-state index in [0.29, 0.717) is 13.2 Å². The van der Waals surface area contributed by atoms with Crippen molar-refractivity contribution in [3.8, 4) is 11.5 Å². The molecule has 0 radical (unpaired) electrons. The molecule has 1 aliphatic rings. The van der Waals surface area contributed by atoms with E-state index < -0.39 is 0 Å². The van der Waals surface area contributed by atoms with Crippen molar-refractivity contribution in [3.05, 3.63) is 24.3 Å². The average molecular weight is 264 g/mol. The van der Waals surface area contributed by atoms with Gasteiger partial charge in [0.05, 0.1) is 6.61 Å². The molecule has 0 aromatic heterocycles. The van der Waals surface area contributed by atoms with Crippen LogP contribution in [-0.4, -0.2) is 50.8 Å². The van der Waals surface area contributed by atoms with E-state index in [1.165, 1.54) is 6.42 Å². The summed E-state index contributed by atoms with van der Waals surface area (Å²) in [6.45, 7) is 8.81. The Morgan fingerprint density at radius 3 is 2.68 bits per heavy atom. The summed E-state index contributed by atoms with van der Waals surface area (Å²) < 4.78 is 11.4. The molecule has 0 amide bonds. The van der Waals surface area contributed by atoms with Crippen LogP contribution in [0.1, 0.15) is 13.3 Å². The van der Waals surface area contributed by atoms with Crippen LogP contribution in [0.4, 0.5) is 0 Å². The lowest BCUT2D eigenvalue weighted by Crippen LogP contribution is -2.31. The summed E-state index contributed by atoms with van der Waals surface area (Å²) in [7, 11) is 0. The molecule has 1 N–H and O–H groups in total. The Balaban J connectivity index is 1.78. The second-order valence-corrected chi connectivity index (χ2v) is 4.67. The quantitative estimate of drug-likeness (QED) is 0.849. The molecule has 1 aliphatic heterocycles. The van der Waals surface area contributed by atoms with Crippen molar-refractivity contribution in [2.75, 3.05) is 45.9 Å². The van der Waals surface area contributed by atoms with Crippen molar-refractivity contribution in [1.82, 2.24) is 10.2 Å². The first-order chi connectivity index (χ1) is 9.40. The van der Waals surface area contributed by atoms with Gasteiger partial charge in [0.15, 0.2) is 11.5 Å². The highest BCUT2D eigenvalue weighted by Gasteiger charge is 2.09. The zero-order valence-corrected chi connectivity index (χ0v) is 11.7. The predicted octanol–water partition coefficient (Wildman–Crippen LogP) is 1.76. The molecule has 1 aromatic carbocycles. The van der Waals surface area contributed by atoms with Crippen molar-refractivity contribution < 1.29 is 9.47 Å². The van der Waals surface area contributed by atoms with Gasteiger partial charge < -0.3 is 14.8 Å². The van der Waals surface area contributed by atoms with E-state index in [4.69, 9.17) is 9.47 Å². The van der Waals surface area contributed by atoms with Crippen molar-refractivity contribution in [2.24, 2.45) is 0 Å². The topological polar surface area (TPSA) is 33.7 Å². The number of hydrogen-bond donors (Lipinski definition) is 1. The van der Waals surface area contributed by atoms with Gasteiger partial charge in [0, 0.05) is 19.6 Å². The summed E-state index contributed by atoms with van der Waals surface area (Å²) >= 11 is 0. The van der Waals surface area contributed by atoms with Crippen molar-refractivity contribution >= 4 is 0 Å². The Bertz CT molecular complexity index is 363. The van der Waals surface area contributed by atoms with Crippen molar-refractivity contribution in [1.29, 1.82) is 0 Å². The Morgan fingerprint density at radius 2 is 1.89 bits per heavy atom. The van der Waals surface area contributed by atoms with Gasteiger partial charge in [0.25, 0.3) is 0 Å². The monoisotopic (exact) mass is 264 g/mol. The fourth-order valence-electron chi connectivity index (χ4n) is 2.25. The van der Waals surface area contributed by atoms with E-state index in [1.807, 2.05) is 31.2 Å². The van der Waals surface area contributed by atoms with E-state index in [0.717, 1.165) is 44.2 Å². The minimum Gasteiger partial charge on any atom is -0.490 e. The first-order valence-corrected chi connectivity index (χ1v) is 7.18. The molecule has 1 heterocycles. The van der Waals surface area contributed by atoms with Crippen LogP contribution in [0.2, 0.25) is 0 Å². The number of benzene rings is 1. The number of rotatable bonds is 6. The maximum absolute atomic E-state index is 5.85. The predicted molar refractivity (Wildman–Crippen MR) is 77.0 cm³/mol. The zero-order valence-electron chi connectivity index (χ0n) is 11.7. The Kier molecular flexibility index (Phi) is 5.98. The Hall–Kier alpha value is -1.26. The molecule has 1 fully saturated rings. The van der Waals surface area contributed by atoms with Gasteiger partial charge in [-0.25, -0.2) is 0 Å². The first kappa shape index (κ1) is 14.2. The fourth-order valence-corrected chi connectivity index (χ4v) is 2.25. The van der Waals surface area contributed by atoms with Gasteiger partial charge >= 0.3 is 0 Å². The third kappa shape index (κ3) is 4.73. The molecule has 106 valence electrons. The van der Waals surface area contributed by atoms with Gasteiger partial charge in [0.1, 0.15) is 6.61 Å². The highest BCUT2D eigenvalue weighted by molar-refractivity contribution is 5.39. The molecular formula is C15H24N2O2. The molecular weight excluding hydrogens is 240 g/mol. The van der Waals surface area contributed by atoms with Crippen LogP contribution in [0.25, 0.3) is 0 Å². The minimum atomic E-state index is 0.665. The normalized spacial score (nSPS) is 16.9. The first-order valence-electron chi connectivity index (χ1n) is 7.18. The summed E-state index contributed by atoms with van der Waals surface area (Å²) in [5, 5.41) is 3.41. The Morgan fingerprint density at radius 1 is 1.11 bits per heavy atom. The number of ether oxygens (including phenoxy) is 2.